The van der Waals surface area contributed by atoms with Crippen LogP contribution in [0.1, 0.15) is 31.2 Å². The Morgan fingerprint density at radius 3 is 1.90 bits per heavy atom. The molecule has 1 N–H and O–H groups in total. The van der Waals surface area contributed by atoms with E-state index < -0.39 is 0 Å². The summed E-state index contributed by atoms with van der Waals surface area (Å²) >= 11 is 17.4. The molecule has 0 radical (unpaired) electrons. The van der Waals surface area contributed by atoms with Crippen LogP contribution < -0.4 is 0 Å². The number of ether oxygens (including phenoxy) is 1. The average molecular weight is 617 g/mol. The Morgan fingerprint density at radius 2 is 1.38 bits per heavy atom. The van der Waals surface area contributed by atoms with Crippen molar-refractivity contribution in [2.75, 3.05) is 6.61 Å². The molecule has 3 nitrogen and oxygen atoms in total. The van der Waals surface area contributed by atoms with Gasteiger partial charge in [0.1, 0.15) is 6.61 Å². The Labute approximate surface area is 165 Å². The molecule has 8 heteroatoms. The highest BCUT2D eigenvalue weighted by atomic mass is 79.9. The fourth-order valence-corrected chi connectivity index (χ4v) is 4.92. The molecule has 0 amide bonds. The van der Waals surface area contributed by atoms with Gasteiger partial charge in [0.05, 0.1) is 0 Å². The molecule has 0 heterocycles. The quantitative estimate of drug-likeness (QED) is 0.175. The van der Waals surface area contributed by atoms with E-state index in [2.05, 4.69) is 79.6 Å². The number of aliphatic hydroxyl groups excluding tert-OH is 1. The van der Waals surface area contributed by atoms with Crippen LogP contribution in [0.15, 0.2) is 22.4 Å². The number of aliphatic hydroxyl groups is 1. The summed E-state index contributed by atoms with van der Waals surface area (Å²) in [6, 6.07) is 0. The number of benzene rings is 1. The molecule has 1 aromatic carbocycles. The molecule has 1 rings (SSSR count). The second kappa shape index (κ2) is 10.0. The summed E-state index contributed by atoms with van der Waals surface area (Å²) in [6.07, 6.45) is 2.65. The van der Waals surface area contributed by atoms with Gasteiger partial charge in [0.2, 0.25) is 0 Å². The molecule has 1 aromatic rings. The maximum atomic E-state index is 11.7. The van der Waals surface area contributed by atoms with Gasteiger partial charge in [-0.05, 0) is 92.5 Å². The van der Waals surface area contributed by atoms with Crippen LogP contribution in [-0.2, 0) is 16.1 Å². The van der Waals surface area contributed by atoms with Crippen molar-refractivity contribution in [3.8, 4) is 0 Å². The number of unbranched alkanes of at least 4 members (excludes halogenated alkanes) is 2. The van der Waals surface area contributed by atoms with E-state index in [-0.39, 0.29) is 19.2 Å². The first kappa shape index (κ1) is 20.1. The van der Waals surface area contributed by atoms with Gasteiger partial charge in [-0.25, -0.2) is 0 Å². The van der Waals surface area contributed by atoms with Gasteiger partial charge in [0, 0.05) is 41.0 Å². The van der Waals surface area contributed by atoms with Crippen molar-refractivity contribution in [3.63, 3.8) is 0 Å². The van der Waals surface area contributed by atoms with E-state index in [4.69, 9.17) is 9.84 Å². The fourth-order valence-electron chi connectivity index (χ4n) is 1.56. The minimum atomic E-state index is -0.234. The van der Waals surface area contributed by atoms with E-state index in [1.807, 2.05) is 0 Å². The Bertz CT molecular complexity index is 490. The van der Waals surface area contributed by atoms with Gasteiger partial charge in [-0.2, -0.15) is 0 Å². The maximum absolute atomic E-state index is 11.7. The summed E-state index contributed by atoms with van der Waals surface area (Å²) in [5.74, 6) is -0.234. The summed E-state index contributed by atoms with van der Waals surface area (Å²) in [7, 11) is 0. The Balaban J connectivity index is 2.66. The molecular formula is C13H13Br5O3. The van der Waals surface area contributed by atoms with E-state index in [1.54, 1.807) is 0 Å². The molecule has 0 aliphatic heterocycles. The number of hydrogen-bond acceptors (Lipinski definition) is 3. The molecule has 0 saturated carbocycles. The van der Waals surface area contributed by atoms with Crippen LogP contribution in [0.4, 0.5) is 0 Å². The second-order valence-electron chi connectivity index (χ2n) is 4.24. The van der Waals surface area contributed by atoms with Crippen molar-refractivity contribution in [2.24, 2.45) is 0 Å². The normalized spacial score (nSPS) is 10.8. The lowest BCUT2D eigenvalue weighted by molar-refractivity contribution is -0.145. The number of esters is 1. The maximum Gasteiger partial charge on any atom is 0.306 e. The minimum Gasteiger partial charge on any atom is -0.461 e. The molecule has 118 valence electrons. The lowest BCUT2D eigenvalue weighted by Crippen LogP contribution is -2.06. The number of halogens is 5. The summed E-state index contributed by atoms with van der Waals surface area (Å²) in [6.45, 7) is 0.348. The first-order valence-electron chi connectivity index (χ1n) is 6.17. The van der Waals surface area contributed by atoms with Gasteiger partial charge in [0.15, 0.2) is 0 Å². The van der Waals surface area contributed by atoms with Crippen molar-refractivity contribution < 1.29 is 14.6 Å². The van der Waals surface area contributed by atoms with Gasteiger partial charge in [0.25, 0.3) is 0 Å². The predicted octanol–water partition coefficient (Wildman–Crippen LogP) is 6.10. The monoisotopic (exact) mass is 612 g/mol. The number of rotatable bonds is 7. The van der Waals surface area contributed by atoms with Crippen LogP contribution in [0.3, 0.4) is 0 Å². The summed E-state index contributed by atoms with van der Waals surface area (Å²) in [4.78, 5) is 11.7. The highest BCUT2D eigenvalue weighted by molar-refractivity contribution is 9.15. The molecule has 0 bridgehead atoms. The molecule has 0 aliphatic carbocycles. The second-order valence-corrected chi connectivity index (χ2v) is 8.21. The lowest BCUT2D eigenvalue weighted by Gasteiger charge is -2.14. The number of carbonyl (C=O) groups is 1. The molecule has 0 spiro atoms. The smallest absolute Gasteiger partial charge is 0.306 e. The van der Waals surface area contributed by atoms with Gasteiger partial charge in [-0.3, -0.25) is 4.79 Å². The number of hydrogen-bond donors (Lipinski definition) is 1. The highest BCUT2D eigenvalue weighted by Gasteiger charge is 2.18. The molecule has 0 atom stereocenters. The topological polar surface area (TPSA) is 46.5 Å². The van der Waals surface area contributed by atoms with Crippen LogP contribution in [-0.4, -0.2) is 17.7 Å². The highest BCUT2D eigenvalue weighted by Crippen LogP contribution is 2.44. The lowest BCUT2D eigenvalue weighted by atomic mass is 10.2. The van der Waals surface area contributed by atoms with Gasteiger partial charge >= 0.3 is 5.97 Å². The van der Waals surface area contributed by atoms with E-state index >= 15 is 0 Å². The largest absolute Gasteiger partial charge is 0.461 e. The average Bonchev–Trinajstić information content (AvgIpc) is 2.47. The molecule has 21 heavy (non-hydrogen) atoms. The van der Waals surface area contributed by atoms with Crippen molar-refractivity contribution in [3.05, 3.63) is 27.9 Å². The van der Waals surface area contributed by atoms with Crippen molar-refractivity contribution in [2.45, 2.75) is 32.3 Å². The van der Waals surface area contributed by atoms with E-state index in [9.17, 15) is 4.79 Å². The molecule has 0 unspecified atom stereocenters. The van der Waals surface area contributed by atoms with Crippen molar-refractivity contribution in [1.82, 2.24) is 0 Å². The zero-order chi connectivity index (χ0) is 16.0. The van der Waals surface area contributed by atoms with Crippen LogP contribution in [0.5, 0.6) is 0 Å². The van der Waals surface area contributed by atoms with Crippen LogP contribution >= 0.6 is 79.6 Å². The van der Waals surface area contributed by atoms with Gasteiger partial charge in [-0.15, -0.1) is 0 Å². The van der Waals surface area contributed by atoms with Gasteiger partial charge < -0.3 is 9.84 Å². The third-order valence-corrected chi connectivity index (χ3v) is 8.97. The zero-order valence-electron chi connectivity index (χ0n) is 10.9. The minimum absolute atomic E-state index is 0.163. The summed E-state index contributed by atoms with van der Waals surface area (Å²) in [5, 5.41) is 8.68. The summed E-state index contributed by atoms with van der Waals surface area (Å²) in [5.41, 5.74) is 0.848. The third-order valence-electron chi connectivity index (χ3n) is 2.72. The predicted molar refractivity (Wildman–Crippen MR) is 100 cm³/mol. The molecular weight excluding hydrogens is 604 g/mol. The molecule has 0 aromatic heterocycles. The third kappa shape index (κ3) is 5.88. The van der Waals surface area contributed by atoms with Crippen molar-refractivity contribution in [1.29, 1.82) is 0 Å². The Morgan fingerprint density at radius 1 is 0.857 bits per heavy atom. The SMILES string of the molecule is O=C(CCCCCO)OCc1c(Br)c(Br)c(Br)c(Br)c1Br. The van der Waals surface area contributed by atoms with Gasteiger partial charge in [-0.1, -0.05) is 6.42 Å². The first-order chi connectivity index (χ1) is 9.90. The fraction of sp³-hybridized carbons (Fsp3) is 0.462. The van der Waals surface area contributed by atoms with Crippen LogP contribution in [0, 0.1) is 0 Å². The van der Waals surface area contributed by atoms with E-state index in [1.165, 1.54) is 0 Å². The summed E-state index contributed by atoms with van der Waals surface area (Å²) < 4.78 is 9.55. The van der Waals surface area contributed by atoms with Crippen LogP contribution in [0.25, 0.3) is 0 Å². The molecule has 0 saturated heterocycles. The van der Waals surface area contributed by atoms with E-state index in [0.29, 0.717) is 6.42 Å². The Kier molecular flexibility index (Phi) is 9.60. The van der Waals surface area contributed by atoms with E-state index in [0.717, 1.165) is 47.2 Å². The zero-order valence-corrected chi connectivity index (χ0v) is 18.8. The van der Waals surface area contributed by atoms with Crippen molar-refractivity contribution >= 4 is 85.6 Å². The first-order valence-corrected chi connectivity index (χ1v) is 10.1. The number of carbonyl (C=O) groups excluding carboxylic acids is 1. The molecule has 0 aliphatic rings. The molecule has 0 fully saturated rings. The standard InChI is InChI=1S/C13H13Br5O3/c14-9-7(10(15)12(17)13(18)11(9)16)6-21-8(20)4-2-1-3-5-19/h19H,1-6H2. The Hall–Kier alpha value is 1.05. The van der Waals surface area contributed by atoms with Crippen LogP contribution in [0.2, 0.25) is 0 Å².